The Bertz CT molecular complexity index is 661. The SMILES string of the molecule is Cc1csc2nc(CN(C)CCC(N)C(C)C)cc(=O)n12. The number of rotatable bonds is 6. The molecule has 2 N–H and O–H groups in total. The molecular formula is C15H24N4OS. The Labute approximate surface area is 129 Å². The van der Waals surface area contributed by atoms with Gasteiger partial charge >= 0.3 is 0 Å². The lowest BCUT2D eigenvalue weighted by atomic mass is 10.0. The normalized spacial score (nSPS) is 13.5. The van der Waals surface area contributed by atoms with E-state index < -0.39 is 0 Å². The van der Waals surface area contributed by atoms with E-state index in [0.717, 1.165) is 29.3 Å². The zero-order chi connectivity index (χ0) is 15.6. The van der Waals surface area contributed by atoms with Crippen molar-refractivity contribution in [2.75, 3.05) is 13.6 Å². The molecule has 0 saturated heterocycles. The molecule has 0 radical (unpaired) electrons. The fraction of sp³-hybridized carbons (Fsp3) is 0.600. The highest BCUT2D eigenvalue weighted by Crippen LogP contribution is 2.12. The Morgan fingerprint density at radius 3 is 2.86 bits per heavy atom. The Morgan fingerprint density at radius 2 is 2.19 bits per heavy atom. The van der Waals surface area contributed by atoms with E-state index in [0.29, 0.717) is 12.5 Å². The van der Waals surface area contributed by atoms with Crippen LogP contribution >= 0.6 is 11.3 Å². The summed E-state index contributed by atoms with van der Waals surface area (Å²) in [7, 11) is 2.04. The minimum atomic E-state index is 0.000955. The van der Waals surface area contributed by atoms with Crippen LogP contribution in [0.5, 0.6) is 0 Å². The summed E-state index contributed by atoms with van der Waals surface area (Å²) in [6.45, 7) is 7.78. The molecule has 1 atom stereocenters. The topological polar surface area (TPSA) is 63.6 Å². The zero-order valence-electron chi connectivity index (χ0n) is 13.2. The molecule has 2 aromatic rings. The number of fused-ring (bicyclic) bond motifs is 1. The number of aromatic nitrogens is 2. The molecule has 0 aliphatic carbocycles. The first-order chi connectivity index (χ1) is 9.88. The monoisotopic (exact) mass is 308 g/mol. The van der Waals surface area contributed by atoms with Gasteiger partial charge in [0.15, 0.2) is 4.96 Å². The third-order valence-corrected chi connectivity index (χ3v) is 4.70. The Hall–Kier alpha value is -1.24. The second kappa shape index (κ2) is 6.68. The Morgan fingerprint density at radius 1 is 1.48 bits per heavy atom. The van der Waals surface area contributed by atoms with E-state index in [4.69, 9.17) is 5.73 Å². The summed E-state index contributed by atoms with van der Waals surface area (Å²) < 4.78 is 1.66. The third-order valence-electron chi connectivity index (χ3n) is 3.76. The molecule has 2 heterocycles. The lowest BCUT2D eigenvalue weighted by molar-refractivity contribution is 0.293. The van der Waals surface area contributed by atoms with E-state index in [2.05, 4.69) is 23.7 Å². The van der Waals surface area contributed by atoms with Gasteiger partial charge in [0.25, 0.3) is 5.56 Å². The van der Waals surface area contributed by atoms with Crippen molar-refractivity contribution in [2.24, 2.45) is 11.7 Å². The first-order valence-corrected chi connectivity index (χ1v) is 8.17. The summed E-state index contributed by atoms with van der Waals surface area (Å²) in [4.78, 5) is 19.6. The Balaban J connectivity index is 2.04. The van der Waals surface area contributed by atoms with Gasteiger partial charge in [-0.05, 0) is 32.9 Å². The van der Waals surface area contributed by atoms with Crippen LogP contribution in [-0.4, -0.2) is 33.9 Å². The van der Waals surface area contributed by atoms with Crippen molar-refractivity contribution < 1.29 is 0 Å². The fourth-order valence-electron chi connectivity index (χ4n) is 2.24. The van der Waals surface area contributed by atoms with Crippen LogP contribution in [0.15, 0.2) is 16.2 Å². The second-order valence-electron chi connectivity index (χ2n) is 6.02. The highest BCUT2D eigenvalue weighted by atomic mass is 32.1. The van der Waals surface area contributed by atoms with Crippen molar-refractivity contribution in [2.45, 2.75) is 39.8 Å². The quantitative estimate of drug-likeness (QED) is 0.885. The van der Waals surface area contributed by atoms with Crippen LogP contribution in [0.1, 0.15) is 31.7 Å². The number of hydrogen-bond acceptors (Lipinski definition) is 5. The molecule has 0 aliphatic heterocycles. The molecule has 0 amide bonds. The van der Waals surface area contributed by atoms with E-state index in [9.17, 15) is 4.79 Å². The molecule has 0 fully saturated rings. The van der Waals surface area contributed by atoms with Crippen molar-refractivity contribution in [1.29, 1.82) is 0 Å². The van der Waals surface area contributed by atoms with Gasteiger partial charge in [0.2, 0.25) is 0 Å². The highest BCUT2D eigenvalue weighted by Gasteiger charge is 2.11. The van der Waals surface area contributed by atoms with Crippen molar-refractivity contribution in [3.05, 3.63) is 33.2 Å². The van der Waals surface area contributed by atoms with Gasteiger partial charge in [0.1, 0.15) is 0 Å². The first-order valence-electron chi connectivity index (χ1n) is 7.29. The molecule has 0 bridgehead atoms. The van der Waals surface area contributed by atoms with Gasteiger partial charge in [-0.15, -0.1) is 11.3 Å². The molecular weight excluding hydrogens is 284 g/mol. The Kier molecular flexibility index (Phi) is 5.13. The lowest BCUT2D eigenvalue weighted by Gasteiger charge is -2.21. The molecule has 2 aromatic heterocycles. The lowest BCUT2D eigenvalue weighted by Crippen LogP contribution is -2.32. The van der Waals surface area contributed by atoms with Crippen LogP contribution < -0.4 is 11.3 Å². The van der Waals surface area contributed by atoms with Crippen LogP contribution in [0.25, 0.3) is 4.96 Å². The standard InChI is InChI=1S/C15H24N4OS/c1-10(2)13(16)5-6-18(4)8-12-7-14(20)19-11(3)9-21-15(19)17-12/h7,9-10,13H,5-6,8,16H2,1-4H3. The molecule has 0 saturated carbocycles. The molecule has 21 heavy (non-hydrogen) atoms. The minimum Gasteiger partial charge on any atom is -0.327 e. The van der Waals surface area contributed by atoms with Crippen molar-refractivity contribution in [3.8, 4) is 0 Å². The van der Waals surface area contributed by atoms with Crippen molar-refractivity contribution in [3.63, 3.8) is 0 Å². The second-order valence-corrected chi connectivity index (χ2v) is 6.85. The summed E-state index contributed by atoms with van der Waals surface area (Å²) in [5.41, 5.74) is 7.83. The van der Waals surface area contributed by atoms with Crippen LogP contribution in [0.3, 0.4) is 0 Å². The van der Waals surface area contributed by atoms with Gasteiger partial charge in [0, 0.05) is 29.7 Å². The molecule has 1 unspecified atom stereocenters. The number of nitrogens with zero attached hydrogens (tertiary/aromatic N) is 3. The van der Waals surface area contributed by atoms with Crippen molar-refractivity contribution in [1.82, 2.24) is 14.3 Å². The molecule has 116 valence electrons. The van der Waals surface area contributed by atoms with Gasteiger partial charge in [-0.2, -0.15) is 0 Å². The van der Waals surface area contributed by atoms with E-state index in [1.54, 1.807) is 10.5 Å². The average molecular weight is 308 g/mol. The van der Waals surface area contributed by atoms with Crippen LogP contribution in [0, 0.1) is 12.8 Å². The number of aryl methyl sites for hydroxylation is 1. The number of thiazole rings is 1. The van der Waals surface area contributed by atoms with Crippen molar-refractivity contribution >= 4 is 16.3 Å². The highest BCUT2D eigenvalue weighted by molar-refractivity contribution is 7.15. The summed E-state index contributed by atoms with van der Waals surface area (Å²) >= 11 is 1.50. The van der Waals surface area contributed by atoms with E-state index in [-0.39, 0.29) is 11.6 Å². The fourth-order valence-corrected chi connectivity index (χ4v) is 3.13. The van der Waals surface area contributed by atoms with E-state index in [1.165, 1.54) is 11.3 Å². The summed E-state index contributed by atoms with van der Waals surface area (Å²) in [6.07, 6.45) is 0.952. The molecule has 0 spiro atoms. The van der Waals surface area contributed by atoms with Gasteiger partial charge in [0.05, 0.1) is 5.69 Å². The van der Waals surface area contributed by atoms with Gasteiger partial charge in [-0.1, -0.05) is 13.8 Å². The third kappa shape index (κ3) is 3.90. The summed E-state index contributed by atoms with van der Waals surface area (Å²) in [5.74, 6) is 0.492. The molecule has 0 aromatic carbocycles. The van der Waals surface area contributed by atoms with Gasteiger partial charge in [-0.3, -0.25) is 9.20 Å². The van der Waals surface area contributed by atoms with Crippen LogP contribution in [0.4, 0.5) is 0 Å². The molecule has 2 rings (SSSR count). The largest absolute Gasteiger partial charge is 0.327 e. The average Bonchev–Trinajstić information content (AvgIpc) is 2.77. The van der Waals surface area contributed by atoms with E-state index >= 15 is 0 Å². The predicted molar refractivity (Wildman–Crippen MR) is 87.8 cm³/mol. The van der Waals surface area contributed by atoms with E-state index in [1.807, 2.05) is 19.4 Å². The van der Waals surface area contributed by atoms with Crippen LogP contribution in [-0.2, 0) is 6.54 Å². The number of nitrogens with two attached hydrogens (primary N) is 1. The van der Waals surface area contributed by atoms with Gasteiger partial charge in [-0.25, -0.2) is 4.98 Å². The summed E-state index contributed by atoms with van der Waals surface area (Å²) in [5, 5.41) is 1.96. The van der Waals surface area contributed by atoms with Crippen LogP contribution in [0.2, 0.25) is 0 Å². The zero-order valence-corrected chi connectivity index (χ0v) is 14.0. The molecule has 0 aliphatic rings. The summed E-state index contributed by atoms with van der Waals surface area (Å²) in [6, 6.07) is 1.85. The minimum absolute atomic E-state index is 0.000955. The number of hydrogen-bond donors (Lipinski definition) is 1. The smallest absolute Gasteiger partial charge is 0.259 e. The predicted octanol–water partition coefficient (Wildman–Crippen LogP) is 1.87. The van der Waals surface area contributed by atoms with Gasteiger partial charge < -0.3 is 10.6 Å². The maximum Gasteiger partial charge on any atom is 0.259 e. The molecule has 6 heteroatoms. The maximum absolute atomic E-state index is 12.1. The molecule has 5 nitrogen and oxygen atoms in total. The maximum atomic E-state index is 12.1. The first kappa shape index (κ1) is 16.1.